The van der Waals surface area contributed by atoms with Crippen LogP contribution in [-0.4, -0.2) is 41.6 Å². The number of likely N-dealkylation sites (tertiary alicyclic amines) is 1. The zero-order valence-electron chi connectivity index (χ0n) is 13.3. The van der Waals surface area contributed by atoms with Gasteiger partial charge in [0.2, 0.25) is 5.91 Å². The summed E-state index contributed by atoms with van der Waals surface area (Å²) >= 11 is 1.39. The summed E-state index contributed by atoms with van der Waals surface area (Å²) in [6.07, 6.45) is 2.04. The van der Waals surface area contributed by atoms with Gasteiger partial charge in [-0.05, 0) is 37.8 Å². The molecule has 2 heterocycles. The van der Waals surface area contributed by atoms with Crippen LogP contribution in [0.5, 0.6) is 0 Å². The molecule has 4 nitrogen and oxygen atoms in total. The predicted octanol–water partition coefficient (Wildman–Crippen LogP) is 2.77. The first-order valence-corrected chi connectivity index (χ1v) is 8.60. The minimum atomic E-state index is -1.05. The summed E-state index contributed by atoms with van der Waals surface area (Å²) in [5, 5.41) is 0. The van der Waals surface area contributed by atoms with Gasteiger partial charge in [-0.3, -0.25) is 9.59 Å². The fourth-order valence-corrected chi connectivity index (χ4v) is 4.50. The Bertz CT molecular complexity index is 610. The number of hydrogen-bond donors (Lipinski definition) is 0. The second kappa shape index (κ2) is 5.61. The Morgan fingerprint density at radius 1 is 1.27 bits per heavy atom. The lowest BCUT2D eigenvalue weighted by Gasteiger charge is -2.41. The van der Waals surface area contributed by atoms with Crippen molar-refractivity contribution in [3.8, 4) is 0 Å². The molecule has 0 N–H and O–H groups in total. The van der Waals surface area contributed by atoms with Crippen molar-refractivity contribution in [3.63, 3.8) is 0 Å². The molecule has 0 spiro atoms. The van der Waals surface area contributed by atoms with E-state index >= 15 is 0 Å². The Morgan fingerprint density at radius 3 is 2.59 bits per heavy atom. The number of piperidine rings is 1. The summed E-state index contributed by atoms with van der Waals surface area (Å²) in [6, 6.07) is 7.77. The van der Waals surface area contributed by atoms with Gasteiger partial charge in [-0.25, -0.2) is 0 Å². The van der Waals surface area contributed by atoms with Crippen LogP contribution in [0.25, 0.3) is 0 Å². The van der Waals surface area contributed by atoms with Crippen LogP contribution >= 0.6 is 11.8 Å². The lowest BCUT2D eigenvalue weighted by Crippen LogP contribution is -2.57. The quantitative estimate of drug-likeness (QED) is 0.748. The van der Waals surface area contributed by atoms with Gasteiger partial charge in [0.05, 0.1) is 5.69 Å². The molecule has 5 heteroatoms. The van der Waals surface area contributed by atoms with Crippen molar-refractivity contribution in [3.05, 3.63) is 24.3 Å². The molecule has 3 rings (SSSR count). The number of thioether (sulfide) groups is 1. The predicted molar refractivity (Wildman–Crippen MR) is 89.1 cm³/mol. The van der Waals surface area contributed by atoms with Gasteiger partial charge in [-0.1, -0.05) is 30.8 Å². The highest BCUT2D eigenvalue weighted by molar-refractivity contribution is 8.02. The number of rotatable bonds is 1. The number of fused-ring (bicyclic) bond motifs is 1. The van der Waals surface area contributed by atoms with E-state index < -0.39 is 4.75 Å². The molecule has 0 aliphatic carbocycles. The molecule has 0 radical (unpaired) electrons. The molecule has 1 saturated heterocycles. The Morgan fingerprint density at radius 2 is 1.91 bits per heavy atom. The molecule has 2 amide bonds. The van der Waals surface area contributed by atoms with Crippen LogP contribution in [0.2, 0.25) is 0 Å². The monoisotopic (exact) mass is 318 g/mol. The van der Waals surface area contributed by atoms with Gasteiger partial charge in [-0.15, -0.1) is 0 Å². The molecule has 1 aromatic carbocycles. The van der Waals surface area contributed by atoms with E-state index in [0.29, 0.717) is 5.92 Å². The second-order valence-corrected chi connectivity index (χ2v) is 7.90. The molecule has 1 atom stereocenters. The van der Waals surface area contributed by atoms with Crippen molar-refractivity contribution < 1.29 is 9.59 Å². The van der Waals surface area contributed by atoms with E-state index in [1.165, 1.54) is 11.8 Å². The number of amides is 2. The zero-order valence-corrected chi connectivity index (χ0v) is 14.2. The van der Waals surface area contributed by atoms with E-state index in [9.17, 15) is 9.59 Å². The standard InChI is InChI=1S/C17H22N2O2S/c1-12-8-10-19(11-9-12)16(21)17(2)15(20)18(3)13-6-4-5-7-14(13)22-17/h4-7,12H,8-11H2,1-3H3. The number of nitrogens with zero attached hydrogens (tertiary/aromatic N) is 2. The van der Waals surface area contributed by atoms with Crippen molar-refractivity contribution in [1.82, 2.24) is 4.90 Å². The van der Waals surface area contributed by atoms with Gasteiger partial charge in [-0.2, -0.15) is 0 Å². The van der Waals surface area contributed by atoms with E-state index in [2.05, 4.69) is 6.92 Å². The van der Waals surface area contributed by atoms with E-state index in [0.717, 1.165) is 36.5 Å². The molecule has 22 heavy (non-hydrogen) atoms. The molecule has 1 unspecified atom stereocenters. The molecular weight excluding hydrogens is 296 g/mol. The molecule has 118 valence electrons. The molecule has 1 fully saturated rings. The summed E-state index contributed by atoms with van der Waals surface area (Å²) in [5.74, 6) is 0.491. The van der Waals surface area contributed by atoms with Gasteiger partial charge in [0, 0.05) is 25.0 Å². The van der Waals surface area contributed by atoms with Gasteiger partial charge in [0.25, 0.3) is 5.91 Å². The van der Waals surface area contributed by atoms with Gasteiger partial charge in [0.1, 0.15) is 0 Å². The smallest absolute Gasteiger partial charge is 0.252 e. The first-order chi connectivity index (χ1) is 10.4. The highest BCUT2D eigenvalue weighted by Gasteiger charge is 2.50. The summed E-state index contributed by atoms with van der Waals surface area (Å²) in [4.78, 5) is 30.3. The SMILES string of the molecule is CC1CCN(C(=O)C2(C)Sc3ccccc3N(C)C2=O)CC1. The van der Waals surface area contributed by atoms with E-state index in [1.807, 2.05) is 29.2 Å². The van der Waals surface area contributed by atoms with Crippen molar-refractivity contribution in [2.75, 3.05) is 25.0 Å². The van der Waals surface area contributed by atoms with Gasteiger partial charge in [0.15, 0.2) is 4.75 Å². The van der Waals surface area contributed by atoms with Crippen molar-refractivity contribution >= 4 is 29.3 Å². The number of carbonyl (C=O) groups is 2. The maximum atomic E-state index is 13.0. The van der Waals surface area contributed by atoms with Crippen molar-refractivity contribution in [1.29, 1.82) is 0 Å². The largest absolute Gasteiger partial charge is 0.341 e. The van der Waals surface area contributed by atoms with Crippen LogP contribution in [0.15, 0.2) is 29.2 Å². The molecule has 0 saturated carbocycles. The number of anilines is 1. The van der Waals surface area contributed by atoms with E-state index in [1.54, 1.807) is 18.9 Å². The number of benzene rings is 1. The lowest BCUT2D eigenvalue weighted by atomic mass is 9.97. The van der Waals surface area contributed by atoms with Crippen LogP contribution in [0.4, 0.5) is 5.69 Å². The molecule has 1 aromatic rings. The van der Waals surface area contributed by atoms with Crippen LogP contribution in [-0.2, 0) is 9.59 Å². The molecular formula is C17H22N2O2S. The third kappa shape index (κ3) is 2.41. The highest BCUT2D eigenvalue weighted by Crippen LogP contribution is 2.45. The molecule has 2 aliphatic heterocycles. The van der Waals surface area contributed by atoms with Crippen molar-refractivity contribution in [2.45, 2.75) is 36.3 Å². The topological polar surface area (TPSA) is 40.6 Å². The third-order valence-electron chi connectivity index (χ3n) is 4.73. The normalized spacial score (nSPS) is 26.0. The van der Waals surface area contributed by atoms with Gasteiger partial charge >= 0.3 is 0 Å². The Kier molecular flexibility index (Phi) is 3.93. The van der Waals surface area contributed by atoms with Crippen LogP contribution in [0.3, 0.4) is 0 Å². The van der Waals surface area contributed by atoms with Crippen molar-refractivity contribution in [2.24, 2.45) is 5.92 Å². The average molecular weight is 318 g/mol. The lowest BCUT2D eigenvalue weighted by molar-refractivity contribution is -0.139. The Hall–Kier alpha value is -1.49. The third-order valence-corrected chi connectivity index (χ3v) is 6.06. The first kappa shape index (κ1) is 15.4. The van der Waals surface area contributed by atoms with E-state index in [4.69, 9.17) is 0 Å². The maximum absolute atomic E-state index is 13.0. The summed E-state index contributed by atoms with van der Waals surface area (Å²) in [6.45, 7) is 5.50. The number of hydrogen-bond acceptors (Lipinski definition) is 3. The Balaban J connectivity index is 1.89. The second-order valence-electron chi connectivity index (χ2n) is 6.44. The molecule has 2 aliphatic rings. The van der Waals surface area contributed by atoms with Crippen LogP contribution in [0.1, 0.15) is 26.7 Å². The number of para-hydroxylation sites is 1. The first-order valence-electron chi connectivity index (χ1n) is 7.79. The fourth-order valence-electron chi connectivity index (χ4n) is 3.16. The summed E-state index contributed by atoms with van der Waals surface area (Å²) in [5.41, 5.74) is 0.884. The highest BCUT2D eigenvalue weighted by atomic mass is 32.2. The van der Waals surface area contributed by atoms with Crippen LogP contribution in [0, 0.1) is 5.92 Å². The fraction of sp³-hybridized carbons (Fsp3) is 0.529. The Labute approximate surface area is 135 Å². The summed E-state index contributed by atoms with van der Waals surface area (Å²) in [7, 11) is 1.75. The van der Waals surface area contributed by atoms with E-state index in [-0.39, 0.29) is 11.8 Å². The minimum Gasteiger partial charge on any atom is -0.341 e. The van der Waals surface area contributed by atoms with Crippen LogP contribution < -0.4 is 4.90 Å². The number of carbonyl (C=O) groups excluding carboxylic acids is 2. The molecule has 0 aromatic heterocycles. The zero-order chi connectivity index (χ0) is 15.9. The van der Waals surface area contributed by atoms with Gasteiger partial charge < -0.3 is 9.80 Å². The molecule has 0 bridgehead atoms. The summed E-state index contributed by atoms with van der Waals surface area (Å²) < 4.78 is -1.05. The maximum Gasteiger partial charge on any atom is 0.252 e. The average Bonchev–Trinajstić information content (AvgIpc) is 2.53. The minimum absolute atomic E-state index is 0.0456.